The molecule has 0 aliphatic carbocycles. The van der Waals surface area contributed by atoms with Crippen LogP contribution in [0.15, 0.2) is 47.2 Å². The van der Waals surface area contributed by atoms with Crippen molar-refractivity contribution in [1.82, 2.24) is 20.7 Å². The highest BCUT2D eigenvalue weighted by molar-refractivity contribution is 5.89. The highest BCUT2D eigenvalue weighted by Crippen LogP contribution is 2.32. The number of benzene rings is 1. The van der Waals surface area contributed by atoms with Gasteiger partial charge in [-0.15, -0.1) is 0 Å². The van der Waals surface area contributed by atoms with Crippen molar-refractivity contribution in [2.75, 3.05) is 31.1 Å². The van der Waals surface area contributed by atoms with Crippen LogP contribution in [0.2, 0.25) is 0 Å². The standard InChI is InChI=1S/C19H22FN5O4/c1-19(13-5-3-2-4-6-13,14-11-22-18(27)29-14)16(26)23-24-8-9-25(15(20)12-24)17-21-7-10-28-17/h2-7,10,14-15H,8-9,11-12H2,1H3,(H,22,27)(H,23,26). The number of amides is 2. The summed E-state index contributed by atoms with van der Waals surface area (Å²) >= 11 is 0. The number of hydrogen-bond acceptors (Lipinski definition) is 7. The van der Waals surface area contributed by atoms with Gasteiger partial charge in [0.25, 0.3) is 6.01 Å². The van der Waals surface area contributed by atoms with Crippen LogP contribution < -0.4 is 15.6 Å². The molecule has 2 amide bonds. The minimum Gasteiger partial charge on any atom is -0.443 e. The molecule has 3 atom stereocenters. The van der Waals surface area contributed by atoms with E-state index in [1.165, 1.54) is 22.4 Å². The van der Waals surface area contributed by atoms with Crippen LogP contribution in [0.4, 0.5) is 15.2 Å². The van der Waals surface area contributed by atoms with Crippen LogP contribution in [0.25, 0.3) is 0 Å². The Labute approximate surface area is 166 Å². The number of alkyl carbamates (subject to hydrolysis) is 1. The molecule has 4 rings (SSSR count). The van der Waals surface area contributed by atoms with E-state index in [0.717, 1.165) is 0 Å². The van der Waals surface area contributed by atoms with Gasteiger partial charge in [0.05, 0.1) is 19.3 Å². The Bertz CT molecular complexity index is 865. The van der Waals surface area contributed by atoms with Crippen LogP contribution in [-0.4, -0.2) is 60.6 Å². The maximum atomic E-state index is 14.6. The van der Waals surface area contributed by atoms with Crippen molar-refractivity contribution in [2.24, 2.45) is 0 Å². The van der Waals surface area contributed by atoms with E-state index in [0.29, 0.717) is 18.7 Å². The van der Waals surface area contributed by atoms with E-state index in [4.69, 9.17) is 9.15 Å². The van der Waals surface area contributed by atoms with Crippen LogP contribution in [0.3, 0.4) is 0 Å². The maximum absolute atomic E-state index is 14.6. The Kier molecular flexibility index (Phi) is 5.10. The number of cyclic esters (lactones) is 1. The van der Waals surface area contributed by atoms with E-state index in [2.05, 4.69) is 15.7 Å². The molecule has 3 unspecified atom stereocenters. The van der Waals surface area contributed by atoms with Crippen molar-refractivity contribution in [1.29, 1.82) is 0 Å². The monoisotopic (exact) mass is 403 g/mol. The van der Waals surface area contributed by atoms with Gasteiger partial charge in [-0.25, -0.2) is 19.2 Å². The first kappa shape index (κ1) is 19.2. The second kappa shape index (κ2) is 7.70. The number of ether oxygens (including phenoxy) is 1. The van der Waals surface area contributed by atoms with Crippen molar-refractivity contribution < 1.29 is 23.1 Å². The first-order chi connectivity index (χ1) is 14.0. The van der Waals surface area contributed by atoms with Crippen LogP contribution in [0.1, 0.15) is 12.5 Å². The molecule has 0 spiro atoms. The van der Waals surface area contributed by atoms with Crippen LogP contribution in [0, 0.1) is 0 Å². The second-order valence-electron chi connectivity index (χ2n) is 7.17. The van der Waals surface area contributed by atoms with Crippen molar-refractivity contribution in [3.05, 3.63) is 48.4 Å². The molecule has 2 N–H and O–H groups in total. The minimum atomic E-state index is -1.39. The van der Waals surface area contributed by atoms with Gasteiger partial charge in [0.15, 0.2) is 6.30 Å². The Balaban J connectivity index is 1.49. The lowest BCUT2D eigenvalue weighted by molar-refractivity contribution is -0.135. The Hall–Kier alpha value is -3.14. The van der Waals surface area contributed by atoms with E-state index in [9.17, 15) is 14.0 Å². The normalized spacial score (nSPS) is 24.5. The lowest BCUT2D eigenvalue weighted by Crippen LogP contribution is -2.61. The molecule has 29 heavy (non-hydrogen) atoms. The molecule has 154 valence electrons. The van der Waals surface area contributed by atoms with E-state index >= 15 is 0 Å². The van der Waals surface area contributed by atoms with Gasteiger partial charge in [0.2, 0.25) is 5.91 Å². The van der Waals surface area contributed by atoms with Gasteiger partial charge < -0.3 is 14.5 Å². The molecular weight excluding hydrogens is 381 g/mol. The highest BCUT2D eigenvalue weighted by atomic mass is 19.1. The molecule has 9 nitrogen and oxygen atoms in total. The summed E-state index contributed by atoms with van der Waals surface area (Å²) in [5.74, 6) is -0.373. The van der Waals surface area contributed by atoms with Crippen molar-refractivity contribution >= 4 is 18.0 Å². The third-order valence-corrected chi connectivity index (χ3v) is 5.41. The fourth-order valence-electron chi connectivity index (χ4n) is 3.63. The zero-order chi connectivity index (χ0) is 20.4. The van der Waals surface area contributed by atoms with Gasteiger partial charge in [-0.05, 0) is 12.5 Å². The van der Waals surface area contributed by atoms with Crippen LogP contribution >= 0.6 is 0 Å². The van der Waals surface area contributed by atoms with Gasteiger partial charge in [-0.1, -0.05) is 30.3 Å². The van der Waals surface area contributed by atoms with Crippen molar-refractivity contribution in [2.45, 2.75) is 24.7 Å². The lowest BCUT2D eigenvalue weighted by Gasteiger charge is -2.39. The molecule has 3 heterocycles. The number of hydrogen-bond donors (Lipinski definition) is 2. The van der Waals surface area contributed by atoms with Gasteiger partial charge in [0.1, 0.15) is 17.8 Å². The summed E-state index contributed by atoms with van der Waals surface area (Å²) in [7, 11) is 0. The summed E-state index contributed by atoms with van der Waals surface area (Å²) in [5.41, 5.74) is 2.36. The number of oxazole rings is 1. The number of piperazine rings is 1. The predicted molar refractivity (Wildman–Crippen MR) is 101 cm³/mol. The van der Waals surface area contributed by atoms with E-state index in [1.807, 2.05) is 30.3 Å². The fourth-order valence-corrected chi connectivity index (χ4v) is 3.63. The van der Waals surface area contributed by atoms with Gasteiger partial charge in [0, 0.05) is 13.1 Å². The smallest absolute Gasteiger partial charge is 0.407 e. The fraction of sp³-hybridized carbons (Fsp3) is 0.421. The summed E-state index contributed by atoms with van der Waals surface area (Å²) in [6, 6.07) is 9.31. The van der Waals surface area contributed by atoms with Gasteiger partial charge >= 0.3 is 6.09 Å². The number of nitrogens with one attached hydrogen (secondary N) is 2. The molecule has 1 aromatic heterocycles. The molecule has 2 aliphatic heterocycles. The molecule has 1 aromatic carbocycles. The minimum absolute atomic E-state index is 0.0539. The number of carbonyl (C=O) groups excluding carboxylic acids is 2. The number of hydrazine groups is 1. The van der Waals surface area contributed by atoms with E-state index in [-0.39, 0.29) is 25.0 Å². The molecular formula is C19H22FN5O4. The topological polar surface area (TPSA) is 99.9 Å². The zero-order valence-corrected chi connectivity index (χ0v) is 15.9. The number of nitrogens with zero attached hydrogens (tertiary/aromatic N) is 3. The molecule has 2 saturated heterocycles. The molecule has 2 aromatic rings. The molecule has 2 aliphatic rings. The summed E-state index contributed by atoms with van der Waals surface area (Å²) in [5, 5.41) is 4.12. The third-order valence-electron chi connectivity index (χ3n) is 5.41. The Morgan fingerprint density at radius 2 is 2.14 bits per heavy atom. The lowest BCUT2D eigenvalue weighted by atomic mass is 9.76. The summed E-state index contributed by atoms with van der Waals surface area (Å²) in [4.78, 5) is 30.3. The van der Waals surface area contributed by atoms with Crippen molar-refractivity contribution in [3.63, 3.8) is 0 Å². The predicted octanol–water partition coefficient (Wildman–Crippen LogP) is 1.19. The van der Waals surface area contributed by atoms with Crippen LogP contribution in [-0.2, 0) is 14.9 Å². The number of halogens is 1. The summed E-state index contributed by atoms with van der Waals surface area (Å²) in [6.45, 7) is 2.55. The van der Waals surface area contributed by atoms with Crippen LogP contribution in [0.5, 0.6) is 0 Å². The average molecular weight is 403 g/mol. The average Bonchev–Trinajstić information content (AvgIpc) is 3.40. The largest absolute Gasteiger partial charge is 0.443 e. The number of alkyl halides is 1. The molecule has 0 radical (unpaired) electrons. The SMILES string of the molecule is CC(C(=O)NN1CCN(c2ncco2)C(F)C1)(c1ccccc1)C1CNC(=O)O1. The maximum Gasteiger partial charge on any atom is 0.407 e. The van der Waals surface area contributed by atoms with Crippen molar-refractivity contribution in [3.8, 4) is 0 Å². The molecule has 2 fully saturated rings. The molecule has 10 heteroatoms. The van der Waals surface area contributed by atoms with E-state index in [1.54, 1.807) is 6.92 Å². The highest BCUT2D eigenvalue weighted by Gasteiger charge is 2.48. The molecule has 0 saturated carbocycles. The summed E-state index contributed by atoms with van der Waals surface area (Å²) < 4.78 is 25.1. The summed E-state index contributed by atoms with van der Waals surface area (Å²) in [6.07, 6.45) is 0.203. The van der Waals surface area contributed by atoms with E-state index < -0.39 is 23.9 Å². The quantitative estimate of drug-likeness (QED) is 0.724. The first-order valence-electron chi connectivity index (χ1n) is 9.34. The molecule has 0 bridgehead atoms. The number of anilines is 1. The number of carbonyl (C=O) groups is 2. The first-order valence-corrected chi connectivity index (χ1v) is 9.34. The van der Waals surface area contributed by atoms with Gasteiger partial charge in [-0.3, -0.25) is 15.1 Å². The zero-order valence-electron chi connectivity index (χ0n) is 15.9. The number of rotatable bonds is 5. The number of aromatic nitrogens is 1. The Morgan fingerprint density at radius 1 is 1.34 bits per heavy atom. The second-order valence-corrected chi connectivity index (χ2v) is 7.17. The van der Waals surface area contributed by atoms with Gasteiger partial charge in [-0.2, -0.15) is 0 Å². The third kappa shape index (κ3) is 3.63. The Morgan fingerprint density at radius 3 is 2.76 bits per heavy atom.